The summed E-state index contributed by atoms with van der Waals surface area (Å²) < 4.78 is 30.9. The van der Waals surface area contributed by atoms with Gasteiger partial charge in [0.2, 0.25) is 5.91 Å². The van der Waals surface area contributed by atoms with E-state index in [1.807, 2.05) is 0 Å². The molecule has 0 aliphatic carbocycles. The zero-order chi connectivity index (χ0) is 15.6. The highest BCUT2D eigenvalue weighted by Crippen LogP contribution is 2.26. The first-order valence-electron chi connectivity index (χ1n) is 6.38. The Morgan fingerprint density at radius 3 is 2.62 bits per heavy atom. The van der Waals surface area contributed by atoms with E-state index in [4.69, 9.17) is 9.84 Å². The molecule has 1 aliphatic heterocycles. The molecule has 1 unspecified atom stereocenters. The summed E-state index contributed by atoms with van der Waals surface area (Å²) in [5.74, 6) is -3.45. The molecular weight excluding hydrogens is 284 g/mol. The minimum atomic E-state index is -1.39. The van der Waals surface area contributed by atoms with Gasteiger partial charge in [0, 0.05) is 20.1 Å². The molecule has 114 valence electrons. The van der Waals surface area contributed by atoms with Gasteiger partial charge >= 0.3 is 5.97 Å². The van der Waals surface area contributed by atoms with E-state index in [0.717, 1.165) is 12.1 Å². The van der Waals surface area contributed by atoms with Crippen molar-refractivity contribution in [3.05, 3.63) is 35.4 Å². The maximum Gasteiger partial charge on any atom is 0.337 e. The Morgan fingerprint density at radius 2 is 2.10 bits per heavy atom. The second kappa shape index (κ2) is 5.77. The van der Waals surface area contributed by atoms with Crippen molar-refractivity contribution >= 4 is 11.9 Å². The summed E-state index contributed by atoms with van der Waals surface area (Å²) in [6.07, 6.45) is 0.0823. The second-order valence-electron chi connectivity index (χ2n) is 4.99. The molecule has 0 radical (unpaired) electrons. The van der Waals surface area contributed by atoms with Crippen LogP contribution >= 0.6 is 0 Å². The summed E-state index contributed by atoms with van der Waals surface area (Å²) in [4.78, 5) is 24.7. The Bertz CT molecular complexity index is 578. The molecule has 1 heterocycles. The van der Waals surface area contributed by atoms with Gasteiger partial charge in [-0.05, 0) is 17.7 Å². The molecule has 1 amide bonds. The maximum atomic E-state index is 13.1. The largest absolute Gasteiger partial charge is 0.479 e. The number of nitrogens with zero attached hydrogens (tertiary/aromatic N) is 1. The van der Waals surface area contributed by atoms with E-state index in [2.05, 4.69) is 0 Å². The number of carbonyl (C=O) groups is 2. The van der Waals surface area contributed by atoms with E-state index in [1.54, 1.807) is 0 Å². The average Bonchev–Trinajstić information content (AvgIpc) is 2.89. The summed E-state index contributed by atoms with van der Waals surface area (Å²) in [5.41, 5.74) is -1.05. The molecule has 5 nitrogen and oxygen atoms in total. The molecule has 0 saturated carbocycles. The minimum absolute atomic E-state index is 0.0542. The number of carbonyl (C=O) groups excluding carboxylic acids is 1. The molecule has 21 heavy (non-hydrogen) atoms. The predicted molar refractivity (Wildman–Crippen MR) is 68.6 cm³/mol. The molecule has 1 fully saturated rings. The van der Waals surface area contributed by atoms with Crippen molar-refractivity contribution in [3.8, 4) is 0 Å². The summed E-state index contributed by atoms with van der Waals surface area (Å²) in [6.45, 7) is 0.198. The van der Waals surface area contributed by atoms with Crippen LogP contribution in [0, 0.1) is 11.6 Å². The average molecular weight is 299 g/mol. The van der Waals surface area contributed by atoms with Gasteiger partial charge in [0.25, 0.3) is 0 Å². The number of hydrogen-bond donors (Lipinski definition) is 1. The number of benzene rings is 1. The van der Waals surface area contributed by atoms with Gasteiger partial charge in [-0.25, -0.2) is 13.6 Å². The second-order valence-corrected chi connectivity index (χ2v) is 4.99. The number of carboxylic acid groups (broad SMARTS) is 1. The van der Waals surface area contributed by atoms with Gasteiger partial charge in [-0.2, -0.15) is 0 Å². The van der Waals surface area contributed by atoms with Gasteiger partial charge < -0.3 is 14.7 Å². The van der Waals surface area contributed by atoms with E-state index in [1.165, 1.54) is 18.1 Å². The fourth-order valence-electron chi connectivity index (χ4n) is 2.36. The molecule has 2 rings (SSSR count). The first kappa shape index (κ1) is 15.4. The first-order valence-corrected chi connectivity index (χ1v) is 6.38. The fraction of sp³-hybridized carbons (Fsp3) is 0.429. The van der Waals surface area contributed by atoms with Crippen LogP contribution in [-0.2, 0) is 20.7 Å². The third kappa shape index (κ3) is 3.02. The van der Waals surface area contributed by atoms with Gasteiger partial charge in [-0.15, -0.1) is 0 Å². The van der Waals surface area contributed by atoms with Gasteiger partial charge in [0.15, 0.2) is 17.2 Å². The number of likely N-dealkylation sites (tertiary alicyclic amines) is 1. The lowest BCUT2D eigenvalue weighted by Gasteiger charge is -2.23. The SMILES string of the molecule is COC1(C(=O)O)CCN(C(=O)Cc2ccc(F)c(F)c2)C1. The molecule has 1 atom stereocenters. The summed E-state index contributed by atoms with van der Waals surface area (Å²) >= 11 is 0. The van der Waals surface area contributed by atoms with Gasteiger partial charge in [-0.1, -0.05) is 6.07 Å². The number of amides is 1. The Morgan fingerprint density at radius 1 is 1.38 bits per heavy atom. The Hall–Kier alpha value is -2.02. The minimum Gasteiger partial charge on any atom is -0.479 e. The van der Waals surface area contributed by atoms with E-state index in [-0.39, 0.29) is 31.8 Å². The standard InChI is InChI=1S/C14H15F2NO4/c1-21-14(13(19)20)4-5-17(8-14)12(18)7-9-2-3-10(15)11(16)6-9/h2-3,6H,4-5,7-8H2,1H3,(H,19,20). The van der Waals surface area contributed by atoms with Crippen LogP contribution in [0.15, 0.2) is 18.2 Å². The van der Waals surface area contributed by atoms with Crippen LogP contribution in [0.4, 0.5) is 8.78 Å². The van der Waals surface area contributed by atoms with Crippen LogP contribution < -0.4 is 0 Å². The van der Waals surface area contributed by atoms with Crippen molar-refractivity contribution in [1.82, 2.24) is 4.90 Å². The molecule has 1 saturated heterocycles. The van der Waals surface area contributed by atoms with Crippen molar-refractivity contribution < 1.29 is 28.2 Å². The van der Waals surface area contributed by atoms with Crippen LogP contribution in [-0.4, -0.2) is 47.7 Å². The molecule has 7 heteroatoms. The number of rotatable bonds is 4. The normalized spacial score (nSPS) is 21.6. The lowest BCUT2D eigenvalue weighted by Crippen LogP contribution is -2.44. The van der Waals surface area contributed by atoms with E-state index >= 15 is 0 Å². The molecule has 0 bridgehead atoms. The highest BCUT2D eigenvalue weighted by atomic mass is 19.2. The fourth-order valence-corrected chi connectivity index (χ4v) is 2.36. The smallest absolute Gasteiger partial charge is 0.337 e. The van der Waals surface area contributed by atoms with E-state index in [0.29, 0.717) is 5.56 Å². The number of hydrogen-bond acceptors (Lipinski definition) is 3. The number of methoxy groups -OCH3 is 1. The van der Waals surface area contributed by atoms with Crippen LogP contribution in [0.2, 0.25) is 0 Å². The van der Waals surface area contributed by atoms with Crippen molar-refractivity contribution in [2.75, 3.05) is 20.2 Å². The summed E-state index contributed by atoms with van der Waals surface area (Å²) in [7, 11) is 1.29. The number of ether oxygens (including phenoxy) is 1. The Kier molecular flexibility index (Phi) is 4.22. The Balaban J connectivity index is 2.05. The number of aliphatic carboxylic acids is 1. The van der Waals surface area contributed by atoms with Crippen molar-refractivity contribution in [2.45, 2.75) is 18.4 Å². The van der Waals surface area contributed by atoms with Gasteiger partial charge in [0.1, 0.15) is 0 Å². The summed E-state index contributed by atoms with van der Waals surface area (Å²) in [6, 6.07) is 3.25. The molecule has 1 aliphatic rings. The maximum absolute atomic E-state index is 13.1. The van der Waals surface area contributed by atoms with Gasteiger partial charge in [-0.3, -0.25) is 4.79 Å². The van der Waals surface area contributed by atoms with E-state index < -0.39 is 23.2 Å². The molecule has 1 aromatic rings. The van der Waals surface area contributed by atoms with Crippen molar-refractivity contribution in [3.63, 3.8) is 0 Å². The zero-order valence-corrected chi connectivity index (χ0v) is 11.4. The number of halogens is 2. The van der Waals surface area contributed by atoms with Crippen molar-refractivity contribution in [2.24, 2.45) is 0 Å². The quantitative estimate of drug-likeness (QED) is 0.907. The van der Waals surface area contributed by atoms with Crippen LogP contribution in [0.3, 0.4) is 0 Å². The highest BCUT2D eigenvalue weighted by molar-refractivity contribution is 5.83. The van der Waals surface area contributed by atoms with Gasteiger partial charge in [0.05, 0.1) is 13.0 Å². The van der Waals surface area contributed by atoms with Crippen LogP contribution in [0.5, 0.6) is 0 Å². The molecule has 1 aromatic carbocycles. The molecule has 0 aromatic heterocycles. The van der Waals surface area contributed by atoms with Crippen LogP contribution in [0.1, 0.15) is 12.0 Å². The Labute approximate surface area is 120 Å². The summed E-state index contributed by atoms with van der Waals surface area (Å²) in [5, 5.41) is 9.17. The molecule has 1 N–H and O–H groups in total. The third-order valence-electron chi connectivity index (χ3n) is 3.70. The predicted octanol–water partition coefficient (Wildman–Crippen LogP) is 1.21. The monoisotopic (exact) mass is 299 g/mol. The molecular formula is C14H15F2NO4. The number of carboxylic acids is 1. The third-order valence-corrected chi connectivity index (χ3v) is 3.70. The van der Waals surface area contributed by atoms with Crippen LogP contribution in [0.25, 0.3) is 0 Å². The topological polar surface area (TPSA) is 66.8 Å². The van der Waals surface area contributed by atoms with Crippen molar-refractivity contribution in [1.29, 1.82) is 0 Å². The zero-order valence-electron chi connectivity index (χ0n) is 11.4. The lowest BCUT2D eigenvalue weighted by molar-refractivity contribution is -0.160. The first-order chi connectivity index (χ1) is 9.88. The lowest BCUT2D eigenvalue weighted by atomic mass is 10.0. The van der Waals surface area contributed by atoms with E-state index in [9.17, 15) is 18.4 Å². The highest BCUT2D eigenvalue weighted by Gasteiger charge is 2.46. The molecule has 0 spiro atoms.